The lowest BCUT2D eigenvalue weighted by Gasteiger charge is -2.52. The van der Waals surface area contributed by atoms with E-state index in [0.29, 0.717) is 0 Å². The van der Waals surface area contributed by atoms with Gasteiger partial charge in [-0.1, -0.05) is 37.5 Å². The molecule has 1 aromatic carbocycles. The molecule has 3 heterocycles. The molecule has 0 N–H and O–H groups in total. The van der Waals surface area contributed by atoms with Gasteiger partial charge in [0.05, 0.1) is 0 Å². The van der Waals surface area contributed by atoms with E-state index in [2.05, 4.69) is 14.0 Å². The Morgan fingerprint density at radius 1 is 0.643 bits per heavy atom. The Labute approximate surface area is 170 Å². The largest absolute Gasteiger partial charge is 0.279 e. The lowest BCUT2D eigenvalue weighted by atomic mass is 10.2. The standard InChI is InChI=1S/C22H35N4OP/c27-22(21-13-5-1-6-14-21)23-28(24-15-7-2-8-16-24,25-17-9-3-10-18-25)26-19-11-4-12-20-26/h1,5-6,13-14H,2-4,7-12,15-20H2. The Kier molecular flexibility index (Phi) is 7.00. The quantitative estimate of drug-likeness (QED) is 0.647. The number of nitrogens with zero attached hydrogens (tertiary/aromatic N) is 4. The zero-order valence-electron chi connectivity index (χ0n) is 17.1. The highest BCUT2D eigenvalue weighted by molar-refractivity contribution is 7.59. The summed E-state index contributed by atoms with van der Waals surface area (Å²) in [5.41, 5.74) is 0.734. The topological polar surface area (TPSA) is 39.2 Å². The average Bonchev–Trinajstić information content (AvgIpc) is 2.80. The van der Waals surface area contributed by atoms with Gasteiger partial charge in [-0.15, -0.1) is 0 Å². The first-order chi connectivity index (χ1) is 13.8. The summed E-state index contributed by atoms with van der Waals surface area (Å²) in [4.78, 5) is 13.4. The second kappa shape index (κ2) is 9.67. The molecule has 3 aliphatic rings. The van der Waals surface area contributed by atoms with E-state index < -0.39 is 7.51 Å². The smallest absolute Gasteiger partial charge is 0.267 e. The summed E-state index contributed by atoms with van der Waals surface area (Å²) in [7, 11) is -2.17. The fourth-order valence-electron chi connectivity index (χ4n) is 4.92. The van der Waals surface area contributed by atoms with Crippen LogP contribution in [0.1, 0.15) is 68.1 Å². The van der Waals surface area contributed by atoms with Crippen LogP contribution in [0, 0.1) is 0 Å². The van der Waals surface area contributed by atoms with E-state index in [0.717, 1.165) is 44.8 Å². The van der Waals surface area contributed by atoms with Gasteiger partial charge < -0.3 is 0 Å². The SMILES string of the molecule is O=C(N=P(N1CCCCC1)(N1CCCCC1)N1CCCCC1)c1ccccc1. The van der Waals surface area contributed by atoms with Gasteiger partial charge in [0.15, 0.2) is 7.51 Å². The highest BCUT2D eigenvalue weighted by Crippen LogP contribution is 2.62. The van der Waals surface area contributed by atoms with E-state index in [1.807, 2.05) is 30.3 Å². The first-order valence-corrected chi connectivity index (χ1v) is 12.9. The maximum Gasteiger partial charge on any atom is 0.279 e. The van der Waals surface area contributed by atoms with Crippen LogP contribution in [0.3, 0.4) is 0 Å². The highest BCUT2D eigenvalue weighted by atomic mass is 31.2. The second-order valence-electron chi connectivity index (χ2n) is 8.35. The predicted octanol–water partition coefficient (Wildman–Crippen LogP) is 5.23. The van der Waals surface area contributed by atoms with Gasteiger partial charge in [-0.3, -0.25) is 4.79 Å². The number of rotatable bonds is 4. The summed E-state index contributed by atoms with van der Waals surface area (Å²) in [6.45, 7) is 6.54. The van der Waals surface area contributed by atoms with Crippen molar-refractivity contribution in [1.29, 1.82) is 0 Å². The van der Waals surface area contributed by atoms with Crippen molar-refractivity contribution in [2.75, 3.05) is 39.3 Å². The first-order valence-electron chi connectivity index (χ1n) is 11.3. The minimum absolute atomic E-state index is 0.0179. The van der Waals surface area contributed by atoms with Gasteiger partial charge in [0.25, 0.3) is 5.91 Å². The van der Waals surface area contributed by atoms with E-state index in [9.17, 15) is 4.79 Å². The molecule has 0 unspecified atom stereocenters. The van der Waals surface area contributed by atoms with Crippen LogP contribution in [-0.4, -0.2) is 59.2 Å². The third-order valence-corrected chi connectivity index (χ3v) is 10.3. The van der Waals surface area contributed by atoms with Gasteiger partial charge in [-0.25, -0.2) is 14.0 Å². The fraction of sp³-hybridized carbons (Fsp3) is 0.682. The van der Waals surface area contributed by atoms with E-state index in [1.165, 1.54) is 57.8 Å². The van der Waals surface area contributed by atoms with Crippen LogP contribution in [0.2, 0.25) is 0 Å². The average molecular weight is 403 g/mol. The molecular formula is C22H35N4OP. The molecule has 3 aliphatic heterocycles. The van der Waals surface area contributed by atoms with Crippen LogP contribution in [-0.2, 0) is 0 Å². The molecule has 3 fully saturated rings. The van der Waals surface area contributed by atoms with E-state index in [-0.39, 0.29) is 5.91 Å². The Morgan fingerprint density at radius 2 is 1.04 bits per heavy atom. The van der Waals surface area contributed by atoms with Gasteiger partial charge in [-0.05, 0) is 50.7 Å². The summed E-state index contributed by atoms with van der Waals surface area (Å²) >= 11 is 0. The van der Waals surface area contributed by atoms with E-state index in [4.69, 9.17) is 4.74 Å². The molecule has 0 aromatic heterocycles. The molecule has 0 spiro atoms. The van der Waals surface area contributed by atoms with Crippen molar-refractivity contribution in [2.24, 2.45) is 4.74 Å². The number of hydrogen-bond donors (Lipinski definition) is 0. The lowest BCUT2D eigenvalue weighted by molar-refractivity contribution is 0.1000. The molecule has 28 heavy (non-hydrogen) atoms. The molecular weight excluding hydrogens is 367 g/mol. The fourth-order valence-corrected chi connectivity index (χ4v) is 9.19. The summed E-state index contributed by atoms with van der Waals surface area (Å²) < 4.78 is 13.1. The highest BCUT2D eigenvalue weighted by Gasteiger charge is 2.42. The molecule has 6 heteroatoms. The van der Waals surface area contributed by atoms with Crippen LogP contribution in [0.15, 0.2) is 35.1 Å². The summed E-state index contributed by atoms with van der Waals surface area (Å²) in [5.74, 6) is -0.0179. The van der Waals surface area contributed by atoms with Crippen LogP contribution >= 0.6 is 7.51 Å². The minimum atomic E-state index is -2.17. The van der Waals surface area contributed by atoms with E-state index in [1.54, 1.807) is 0 Å². The molecule has 1 aromatic rings. The molecule has 5 nitrogen and oxygen atoms in total. The predicted molar refractivity (Wildman–Crippen MR) is 116 cm³/mol. The summed E-state index contributed by atoms with van der Waals surface area (Å²) in [5, 5.41) is 0. The van der Waals surface area contributed by atoms with E-state index >= 15 is 0 Å². The number of piperidine rings is 3. The first kappa shape index (κ1) is 20.3. The van der Waals surface area contributed by atoms with Gasteiger partial charge in [0.2, 0.25) is 0 Å². The van der Waals surface area contributed by atoms with Crippen molar-refractivity contribution in [3.8, 4) is 0 Å². The number of hydrogen-bond acceptors (Lipinski definition) is 1. The minimum Gasteiger partial charge on any atom is -0.267 e. The van der Waals surface area contributed by atoms with Crippen LogP contribution < -0.4 is 0 Å². The maximum atomic E-state index is 13.4. The Balaban J connectivity index is 1.80. The van der Waals surface area contributed by atoms with Gasteiger partial charge in [-0.2, -0.15) is 4.74 Å². The van der Waals surface area contributed by atoms with Crippen molar-refractivity contribution in [3.63, 3.8) is 0 Å². The van der Waals surface area contributed by atoms with Crippen molar-refractivity contribution >= 4 is 13.4 Å². The maximum absolute atomic E-state index is 13.4. The molecule has 0 saturated carbocycles. The molecule has 0 atom stereocenters. The molecule has 0 aliphatic carbocycles. The Hall–Kier alpha value is -1.00. The number of carbonyl (C=O) groups is 1. The van der Waals surface area contributed by atoms with Gasteiger partial charge in [0, 0.05) is 44.8 Å². The van der Waals surface area contributed by atoms with Gasteiger partial charge in [0.1, 0.15) is 0 Å². The summed E-state index contributed by atoms with van der Waals surface area (Å²) in [6, 6.07) is 9.71. The second-order valence-corrected chi connectivity index (χ2v) is 11.3. The third kappa shape index (κ3) is 4.28. The molecule has 0 radical (unpaired) electrons. The molecule has 1 amide bonds. The summed E-state index contributed by atoms with van der Waals surface area (Å²) in [6.07, 6.45) is 11.3. The number of amides is 1. The van der Waals surface area contributed by atoms with Gasteiger partial charge >= 0.3 is 0 Å². The lowest BCUT2D eigenvalue weighted by Crippen LogP contribution is -2.46. The normalized spacial score (nSPS) is 23.4. The van der Waals surface area contributed by atoms with Crippen LogP contribution in [0.5, 0.6) is 0 Å². The van der Waals surface area contributed by atoms with Crippen molar-refractivity contribution in [3.05, 3.63) is 35.9 Å². The number of carbonyl (C=O) groups excluding carboxylic acids is 1. The number of benzene rings is 1. The van der Waals surface area contributed by atoms with Crippen molar-refractivity contribution in [1.82, 2.24) is 14.0 Å². The van der Waals surface area contributed by atoms with Crippen molar-refractivity contribution in [2.45, 2.75) is 57.8 Å². The third-order valence-electron chi connectivity index (χ3n) is 6.38. The van der Waals surface area contributed by atoms with Crippen molar-refractivity contribution < 1.29 is 4.79 Å². The molecule has 154 valence electrons. The zero-order chi connectivity index (χ0) is 19.2. The Bertz CT molecular complexity index is 637. The molecule has 0 bridgehead atoms. The zero-order valence-corrected chi connectivity index (χ0v) is 18.0. The monoisotopic (exact) mass is 402 g/mol. The Morgan fingerprint density at radius 3 is 1.43 bits per heavy atom. The molecule has 3 saturated heterocycles. The van der Waals surface area contributed by atoms with Crippen LogP contribution in [0.25, 0.3) is 0 Å². The molecule has 4 rings (SSSR count). The van der Waals surface area contributed by atoms with Crippen LogP contribution in [0.4, 0.5) is 0 Å².